The summed E-state index contributed by atoms with van der Waals surface area (Å²) in [5.74, 6) is -0.680. The molecule has 0 aliphatic heterocycles. The first kappa shape index (κ1) is 36.5. The number of benzene rings is 3. The molecule has 49 heavy (non-hydrogen) atoms. The second-order valence-corrected chi connectivity index (χ2v) is 13.2. The molecule has 4 rings (SSSR count). The summed E-state index contributed by atoms with van der Waals surface area (Å²) in [6.07, 6.45) is 2.63. The van der Waals surface area contributed by atoms with Gasteiger partial charge < -0.3 is 40.0 Å². The van der Waals surface area contributed by atoms with Crippen molar-refractivity contribution in [2.24, 2.45) is 0 Å². The monoisotopic (exact) mass is 671 g/mol. The molecule has 260 valence electrons. The van der Waals surface area contributed by atoms with E-state index in [1.165, 1.54) is 13.8 Å². The minimum absolute atomic E-state index is 0.00583. The molecule has 0 aliphatic carbocycles. The summed E-state index contributed by atoms with van der Waals surface area (Å²) in [6, 6.07) is 19.6. The SMILES string of the molecule is COc1ccc2c(NC(=O)Cn3cc(C)c(NC(=O)[C@@H](COCc4ccccc4)NC(=O)C(C)(C)NC(=O)OC(C)(C)C)c3)cccc2c1. The molecule has 0 fully saturated rings. The summed E-state index contributed by atoms with van der Waals surface area (Å²) in [5.41, 5.74) is 0.562. The van der Waals surface area contributed by atoms with Crippen molar-refractivity contribution in [2.45, 2.75) is 71.9 Å². The van der Waals surface area contributed by atoms with Gasteiger partial charge in [-0.1, -0.05) is 42.5 Å². The predicted octanol–water partition coefficient (Wildman–Crippen LogP) is 5.54. The van der Waals surface area contributed by atoms with Gasteiger partial charge >= 0.3 is 6.09 Å². The number of aromatic nitrogens is 1. The maximum absolute atomic E-state index is 13.6. The van der Waals surface area contributed by atoms with E-state index in [0.29, 0.717) is 16.9 Å². The van der Waals surface area contributed by atoms with Gasteiger partial charge in [0.25, 0.3) is 0 Å². The Labute approximate surface area is 286 Å². The van der Waals surface area contributed by atoms with Crippen molar-refractivity contribution in [2.75, 3.05) is 24.4 Å². The molecule has 0 aliphatic rings. The first-order valence-electron chi connectivity index (χ1n) is 15.9. The van der Waals surface area contributed by atoms with Crippen molar-refractivity contribution >= 4 is 46.0 Å². The highest BCUT2D eigenvalue weighted by Crippen LogP contribution is 2.27. The molecule has 12 nitrogen and oxygen atoms in total. The third kappa shape index (κ3) is 10.6. The Morgan fingerprint density at radius 3 is 2.29 bits per heavy atom. The van der Waals surface area contributed by atoms with E-state index in [4.69, 9.17) is 14.2 Å². The van der Waals surface area contributed by atoms with Crippen LogP contribution in [-0.4, -0.2) is 59.3 Å². The molecule has 3 aromatic carbocycles. The Kier molecular flexibility index (Phi) is 11.7. The van der Waals surface area contributed by atoms with Crippen molar-refractivity contribution in [3.05, 3.63) is 90.3 Å². The van der Waals surface area contributed by atoms with Gasteiger partial charge in [0.2, 0.25) is 17.7 Å². The number of hydrogen-bond donors (Lipinski definition) is 4. The standard InChI is InChI=1S/C37H45N5O7/c1-24-19-42(21-32(43)38-29-15-11-14-26-18-27(47-7)16-17-28(26)29)20-30(24)39-33(44)31(23-48-22-25-12-9-8-10-13-25)40-34(45)37(5,6)41-35(46)49-36(2,3)4/h8-20,31H,21-23H2,1-7H3,(H,38,43)(H,39,44)(H,40,45)(H,41,46)/t31-/m1/s1. The highest BCUT2D eigenvalue weighted by atomic mass is 16.6. The Morgan fingerprint density at radius 2 is 1.59 bits per heavy atom. The molecule has 4 N–H and O–H groups in total. The van der Waals surface area contributed by atoms with Crippen LogP contribution >= 0.6 is 0 Å². The lowest BCUT2D eigenvalue weighted by Gasteiger charge is -2.29. The molecular formula is C37H45N5O7. The number of amides is 4. The molecule has 0 unspecified atom stereocenters. The zero-order valence-electron chi connectivity index (χ0n) is 29.0. The Bertz CT molecular complexity index is 1790. The van der Waals surface area contributed by atoms with Crippen LogP contribution in [0.1, 0.15) is 45.7 Å². The molecule has 0 radical (unpaired) electrons. The number of methoxy groups -OCH3 is 1. The largest absolute Gasteiger partial charge is 0.497 e. The predicted molar refractivity (Wildman–Crippen MR) is 188 cm³/mol. The lowest BCUT2D eigenvalue weighted by atomic mass is 10.0. The van der Waals surface area contributed by atoms with Crippen molar-refractivity contribution in [1.82, 2.24) is 15.2 Å². The van der Waals surface area contributed by atoms with Crippen molar-refractivity contribution in [3.8, 4) is 5.75 Å². The van der Waals surface area contributed by atoms with Gasteiger partial charge in [0.1, 0.15) is 29.5 Å². The van der Waals surface area contributed by atoms with Gasteiger partial charge in [-0.3, -0.25) is 14.4 Å². The fourth-order valence-electron chi connectivity index (χ4n) is 4.92. The molecule has 1 heterocycles. The van der Waals surface area contributed by atoms with Crippen LogP contribution in [0.3, 0.4) is 0 Å². The van der Waals surface area contributed by atoms with Crippen LogP contribution in [-0.2, 0) is 37.0 Å². The van der Waals surface area contributed by atoms with Gasteiger partial charge in [-0.15, -0.1) is 0 Å². The summed E-state index contributed by atoms with van der Waals surface area (Å²) in [7, 11) is 1.60. The Morgan fingerprint density at radius 1 is 0.857 bits per heavy atom. The number of carbonyl (C=O) groups excluding carboxylic acids is 4. The summed E-state index contributed by atoms with van der Waals surface area (Å²) in [5, 5.41) is 12.9. The third-order valence-corrected chi connectivity index (χ3v) is 7.42. The van der Waals surface area contributed by atoms with Gasteiger partial charge in [0.15, 0.2) is 0 Å². The number of alkyl carbamates (subject to hydrolysis) is 1. The van der Waals surface area contributed by atoms with Gasteiger partial charge in [-0.05, 0) is 82.3 Å². The minimum atomic E-state index is -1.41. The molecule has 4 amide bonds. The van der Waals surface area contributed by atoms with Crippen LogP contribution in [0.4, 0.5) is 16.2 Å². The molecule has 0 saturated heterocycles. The van der Waals surface area contributed by atoms with E-state index in [2.05, 4.69) is 21.3 Å². The van der Waals surface area contributed by atoms with Crippen LogP contribution in [0.5, 0.6) is 5.75 Å². The number of carbonyl (C=O) groups is 4. The van der Waals surface area contributed by atoms with Crippen LogP contribution < -0.4 is 26.0 Å². The molecule has 0 saturated carbocycles. The highest BCUT2D eigenvalue weighted by molar-refractivity contribution is 6.03. The average Bonchev–Trinajstić information content (AvgIpc) is 3.36. The second-order valence-electron chi connectivity index (χ2n) is 13.2. The van der Waals surface area contributed by atoms with Crippen molar-refractivity contribution < 1.29 is 33.4 Å². The van der Waals surface area contributed by atoms with Gasteiger partial charge in [0, 0.05) is 23.5 Å². The van der Waals surface area contributed by atoms with Crippen LogP contribution in [0.2, 0.25) is 0 Å². The van der Waals surface area contributed by atoms with Gasteiger partial charge in [0.05, 0.1) is 26.0 Å². The number of hydrogen-bond acceptors (Lipinski definition) is 7. The maximum Gasteiger partial charge on any atom is 0.408 e. The van der Waals surface area contributed by atoms with Gasteiger partial charge in [-0.25, -0.2) is 4.79 Å². The summed E-state index contributed by atoms with van der Waals surface area (Å²) >= 11 is 0. The third-order valence-electron chi connectivity index (χ3n) is 7.42. The molecule has 12 heteroatoms. The van der Waals surface area contributed by atoms with E-state index in [9.17, 15) is 19.2 Å². The highest BCUT2D eigenvalue weighted by Gasteiger charge is 2.34. The Hall–Kier alpha value is -5.36. The number of nitrogens with zero attached hydrogens (tertiary/aromatic N) is 1. The summed E-state index contributed by atoms with van der Waals surface area (Å²) in [6.45, 7) is 10.0. The zero-order valence-corrected chi connectivity index (χ0v) is 29.0. The first-order valence-corrected chi connectivity index (χ1v) is 15.9. The van der Waals surface area contributed by atoms with E-state index in [0.717, 1.165) is 22.1 Å². The Balaban J connectivity index is 1.43. The van der Waals surface area contributed by atoms with E-state index in [-0.39, 0.29) is 25.7 Å². The van der Waals surface area contributed by atoms with E-state index < -0.39 is 35.1 Å². The number of ether oxygens (including phenoxy) is 3. The lowest BCUT2D eigenvalue weighted by molar-refractivity contribution is -0.131. The molecule has 0 spiro atoms. The normalized spacial score (nSPS) is 12.1. The fourth-order valence-corrected chi connectivity index (χ4v) is 4.92. The van der Waals surface area contributed by atoms with E-state index in [1.54, 1.807) is 51.8 Å². The van der Waals surface area contributed by atoms with E-state index >= 15 is 0 Å². The zero-order chi connectivity index (χ0) is 35.8. The topological polar surface area (TPSA) is 149 Å². The second kappa shape index (κ2) is 15.7. The lowest BCUT2D eigenvalue weighted by Crippen LogP contribution is -2.59. The number of aryl methyl sites for hydroxylation is 1. The molecular weight excluding hydrogens is 626 g/mol. The van der Waals surface area contributed by atoms with Crippen molar-refractivity contribution in [1.29, 1.82) is 0 Å². The van der Waals surface area contributed by atoms with E-state index in [1.807, 2.05) is 66.7 Å². The first-order chi connectivity index (χ1) is 23.1. The fraction of sp³-hybridized carbons (Fsp3) is 0.351. The molecule has 1 aromatic heterocycles. The van der Waals surface area contributed by atoms with Crippen LogP contribution in [0.25, 0.3) is 10.8 Å². The molecule has 0 bridgehead atoms. The maximum atomic E-state index is 13.6. The van der Waals surface area contributed by atoms with Crippen LogP contribution in [0.15, 0.2) is 79.1 Å². The quantitative estimate of drug-likeness (QED) is 0.146. The number of rotatable bonds is 13. The molecule has 4 aromatic rings. The van der Waals surface area contributed by atoms with Crippen LogP contribution in [0, 0.1) is 6.92 Å². The summed E-state index contributed by atoms with van der Waals surface area (Å²) in [4.78, 5) is 52.4. The number of fused-ring (bicyclic) bond motifs is 1. The number of nitrogens with one attached hydrogen (secondary N) is 4. The van der Waals surface area contributed by atoms with Crippen molar-refractivity contribution in [3.63, 3.8) is 0 Å². The smallest absolute Gasteiger partial charge is 0.408 e. The summed E-state index contributed by atoms with van der Waals surface area (Å²) < 4.78 is 18.1. The molecule has 1 atom stereocenters. The van der Waals surface area contributed by atoms with Gasteiger partial charge in [-0.2, -0.15) is 0 Å². The average molecular weight is 672 g/mol. The minimum Gasteiger partial charge on any atom is -0.497 e. The number of anilines is 2.